The van der Waals surface area contributed by atoms with Gasteiger partial charge in [-0.1, -0.05) is 27.3 Å². The van der Waals surface area contributed by atoms with E-state index in [2.05, 4.69) is 20.9 Å². The minimum Gasteiger partial charge on any atom is -0.461 e. The van der Waals surface area contributed by atoms with Crippen LogP contribution in [-0.2, 0) is 14.2 Å². The van der Waals surface area contributed by atoms with Crippen LogP contribution in [0.5, 0.6) is 0 Å². The van der Waals surface area contributed by atoms with Crippen LogP contribution < -0.4 is 4.90 Å². The molecule has 0 spiro atoms. The summed E-state index contributed by atoms with van der Waals surface area (Å²) in [7, 11) is 0. The number of benzene rings is 1. The summed E-state index contributed by atoms with van der Waals surface area (Å²) in [6.07, 6.45) is -2.15. The second kappa shape index (κ2) is 10.2. The minimum absolute atomic E-state index is 0.0231. The molecule has 8 nitrogen and oxygen atoms in total. The summed E-state index contributed by atoms with van der Waals surface area (Å²) in [5.74, 6) is -1.49. The number of amides is 2. The lowest BCUT2D eigenvalue weighted by atomic mass is 10.2. The molecule has 0 aliphatic rings. The first-order chi connectivity index (χ1) is 15.1. The Morgan fingerprint density at radius 1 is 1.06 bits per heavy atom. The number of aromatic nitrogens is 1. The summed E-state index contributed by atoms with van der Waals surface area (Å²) in [5, 5.41) is -0.143. The Kier molecular flexibility index (Phi) is 8.23. The lowest BCUT2D eigenvalue weighted by Crippen LogP contribution is -2.44. The molecule has 0 unspecified atom stereocenters. The molecule has 0 radical (unpaired) electrons. The fourth-order valence-corrected chi connectivity index (χ4v) is 3.84. The first-order valence-electron chi connectivity index (χ1n) is 10.0. The average Bonchev–Trinajstić information content (AvgIpc) is 3.05. The fourth-order valence-electron chi connectivity index (χ4n) is 2.43. The number of hydrogen-bond donors (Lipinski definition) is 0. The summed E-state index contributed by atoms with van der Waals surface area (Å²) < 4.78 is 30.9. The van der Waals surface area contributed by atoms with Gasteiger partial charge in [0.05, 0.1) is 6.61 Å². The summed E-state index contributed by atoms with van der Waals surface area (Å²) in [6.45, 7) is 11.4. The number of carbonyl (C=O) groups is 3. The lowest BCUT2D eigenvalue weighted by Gasteiger charge is -2.28. The predicted octanol–water partition coefficient (Wildman–Crippen LogP) is 6.57. The predicted molar refractivity (Wildman–Crippen MR) is 126 cm³/mol. The number of imide groups is 1. The molecule has 2 rings (SSSR count). The van der Waals surface area contributed by atoms with E-state index in [0.29, 0.717) is 9.37 Å². The number of anilines is 1. The van der Waals surface area contributed by atoms with E-state index in [0.717, 1.165) is 11.3 Å². The highest BCUT2D eigenvalue weighted by Gasteiger charge is 2.38. The normalized spacial score (nSPS) is 11.7. The monoisotopic (exact) mass is 544 g/mol. The molecule has 0 atom stereocenters. The van der Waals surface area contributed by atoms with Gasteiger partial charge in [-0.2, -0.15) is 4.90 Å². The number of ether oxygens (including phenoxy) is 3. The second-order valence-corrected chi connectivity index (χ2v) is 10.7. The maximum absolute atomic E-state index is 14.5. The van der Waals surface area contributed by atoms with Gasteiger partial charge in [-0.25, -0.2) is 23.8 Å². The van der Waals surface area contributed by atoms with E-state index in [1.54, 1.807) is 48.5 Å². The minimum atomic E-state index is -1.08. The number of hydrogen-bond acceptors (Lipinski definition) is 8. The third kappa shape index (κ3) is 7.23. The van der Waals surface area contributed by atoms with Gasteiger partial charge in [-0.15, -0.1) is 0 Å². The van der Waals surface area contributed by atoms with Crippen LogP contribution in [-0.4, -0.2) is 40.9 Å². The third-order valence-electron chi connectivity index (χ3n) is 3.59. The Morgan fingerprint density at radius 2 is 1.61 bits per heavy atom. The van der Waals surface area contributed by atoms with Gasteiger partial charge in [-0.3, -0.25) is 0 Å². The Hall–Kier alpha value is -2.53. The molecule has 1 heterocycles. The standard InChI is InChI=1S/C22H26BrFN2O6S/c1-8-30-18(27)15-17(33-16(25-15)13-11-12(23)9-10-14(13)24)26(19(28)31-21(2,3)4)20(29)32-22(5,6)7/h9-11H,8H2,1-7H3. The number of rotatable bonds is 4. The number of halogens is 2. The summed E-state index contributed by atoms with van der Waals surface area (Å²) in [5.41, 5.74) is -2.18. The summed E-state index contributed by atoms with van der Waals surface area (Å²) in [6, 6.07) is 4.20. The number of carbonyl (C=O) groups excluding carboxylic acids is 3. The van der Waals surface area contributed by atoms with E-state index >= 15 is 0 Å². The van der Waals surface area contributed by atoms with Crippen LogP contribution in [0.25, 0.3) is 10.6 Å². The Morgan fingerprint density at radius 3 is 2.09 bits per heavy atom. The van der Waals surface area contributed by atoms with Crippen molar-refractivity contribution in [3.63, 3.8) is 0 Å². The number of thiazole rings is 1. The highest BCUT2D eigenvalue weighted by molar-refractivity contribution is 9.10. The van der Waals surface area contributed by atoms with Gasteiger partial charge >= 0.3 is 18.2 Å². The molecular formula is C22H26BrFN2O6S. The maximum Gasteiger partial charge on any atom is 0.425 e. The van der Waals surface area contributed by atoms with Crippen molar-refractivity contribution in [2.45, 2.75) is 59.7 Å². The molecule has 33 heavy (non-hydrogen) atoms. The molecule has 0 saturated carbocycles. The van der Waals surface area contributed by atoms with Crippen LogP contribution in [0.15, 0.2) is 22.7 Å². The molecular weight excluding hydrogens is 519 g/mol. The van der Waals surface area contributed by atoms with Crippen molar-refractivity contribution in [2.75, 3.05) is 11.5 Å². The Bertz CT molecular complexity index is 1030. The van der Waals surface area contributed by atoms with Crippen LogP contribution in [0, 0.1) is 5.82 Å². The Balaban J connectivity index is 2.72. The van der Waals surface area contributed by atoms with Crippen LogP contribution in [0.1, 0.15) is 59.0 Å². The molecule has 180 valence electrons. The molecule has 11 heteroatoms. The van der Waals surface area contributed by atoms with E-state index in [9.17, 15) is 18.8 Å². The van der Waals surface area contributed by atoms with Crippen molar-refractivity contribution in [1.82, 2.24) is 4.98 Å². The molecule has 0 N–H and O–H groups in total. The zero-order chi connectivity index (χ0) is 25.1. The summed E-state index contributed by atoms with van der Waals surface area (Å²) in [4.78, 5) is 43.5. The van der Waals surface area contributed by atoms with Crippen molar-refractivity contribution in [2.24, 2.45) is 0 Å². The first-order valence-corrected chi connectivity index (χ1v) is 11.6. The molecule has 0 fully saturated rings. The molecule has 2 aromatic rings. The van der Waals surface area contributed by atoms with Crippen molar-refractivity contribution >= 4 is 50.4 Å². The first kappa shape index (κ1) is 26.7. The molecule has 2 amide bonds. The van der Waals surface area contributed by atoms with Crippen molar-refractivity contribution < 1.29 is 33.0 Å². The van der Waals surface area contributed by atoms with Crippen LogP contribution in [0.3, 0.4) is 0 Å². The Labute approximate surface area is 204 Å². The van der Waals surface area contributed by atoms with Crippen molar-refractivity contribution in [1.29, 1.82) is 0 Å². The SMILES string of the molecule is CCOC(=O)c1nc(-c2cc(Br)ccc2F)sc1N(C(=O)OC(C)(C)C)C(=O)OC(C)(C)C. The third-order valence-corrected chi connectivity index (χ3v) is 5.16. The molecule has 0 saturated heterocycles. The topological polar surface area (TPSA) is 95.0 Å². The highest BCUT2D eigenvalue weighted by atomic mass is 79.9. The molecule has 1 aromatic carbocycles. The van der Waals surface area contributed by atoms with Crippen molar-refractivity contribution in [3.8, 4) is 10.6 Å². The molecule has 0 aliphatic carbocycles. The second-order valence-electron chi connectivity index (χ2n) is 8.81. The molecule has 1 aromatic heterocycles. The van der Waals surface area contributed by atoms with Crippen molar-refractivity contribution in [3.05, 3.63) is 34.2 Å². The zero-order valence-electron chi connectivity index (χ0n) is 19.4. The fraction of sp³-hybridized carbons (Fsp3) is 0.455. The van der Waals surface area contributed by atoms with E-state index in [-0.39, 0.29) is 27.9 Å². The lowest BCUT2D eigenvalue weighted by molar-refractivity contribution is 0.0431. The maximum atomic E-state index is 14.5. The highest BCUT2D eigenvalue weighted by Crippen LogP contribution is 2.38. The van der Waals surface area contributed by atoms with Gasteiger partial charge in [0.25, 0.3) is 0 Å². The van der Waals surface area contributed by atoms with Crippen LogP contribution in [0.4, 0.5) is 19.0 Å². The zero-order valence-corrected chi connectivity index (χ0v) is 21.8. The smallest absolute Gasteiger partial charge is 0.425 e. The van der Waals surface area contributed by atoms with Gasteiger partial charge in [-0.05, 0) is 66.7 Å². The summed E-state index contributed by atoms with van der Waals surface area (Å²) >= 11 is 4.03. The van der Waals surface area contributed by atoms with Gasteiger partial charge in [0.1, 0.15) is 27.0 Å². The number of esters is 1. The van der Waals surface area contributed by atoms with Gasteiger partial charge in [0.2, 0.25) is 0 Å². The average molecular weight is 545 g/mol. The van der Waals surface area contributed by atoms with Crippen LogP contribution >= 0.6 is 27.3 Å². The molecule has 0 bridgehead atoms. The van der Waals surface area contributed by atoms with E-state index in [1.807, 2.05) is 0 Å². The largest absolute Gasteiger partial charge is 0.461 e. The van der Waals surface area contributed by atoms with E-state index < -0.39 is 35.2 Å². The van der Waals surface area contributed by atoms with E-state index in [4.69, 9.17) is 14.2 Å². The van der Waals surface area contributed by atoms with Gasteiger partial charge < -0.3 is 14.2 Å². The van der Waals surface area contributed by atoms with Crippen LogP contribution in [0.2, 0.25) is 0 Å². The number of nitrogens with zero attached hydrogens (tertiary/aromatic N) is 2. The quantitative estimate of drug-likeness (QED) is 0.317. The molecule has 0 aliphatic heterocycles. The van der Waals surface area contributed by atoms with Gasteiger partial charge in [0, 0.05) is 10.0 Å². The van der Waals surface area contributed by atoms with Gasteiger partial charge in [0.15, 0.2) is 5.69 Å². The van der Waals surface area contributed by atoms with E-state index in [1.165, 1.54) is 18.2 Å².